The van der Waals surface area contributed by atoms with E-state index in [0.717, 1.165) is 19.5 Å². The van der Waals surface area contributed by atoms with Crippen LogP contribution in [0.3, 0.4) is 0 Å². The molecular formula is C11H21NO2S. The lowest BCUT2D eigenvalue weighted by Gasteiger charge is -2.22. The molecule has 2 unspecified atom stereocenters. The Balaban J connectivity index is 2.54. The Labute approximate surface area is 97.6 Å². The second-order valence-corrected chi connectivity index (χ2v) is 4.81. The molecule has 1 fully saturated rings. The summed E-state index contributed by atoms with van der Waals surface area (Å²) in [5.41, 5.74) is 0. The van der Waals surface area contributed by atoms with E-state index >= 15 is 0 Å². The highest BCUT2D eigenvalue weighted by atomic mass is 32.1. The molecule has 0 aromatic rings. The van der Waals surface area contributed by atoms with Gasteiger partial charge in [-0.05, 0) is 32.7 Å². The fourth-order valence-corrected chi connectivity index (χ4v) is 2.63. The van der Waals surface area contributed by atoms with Crippen molar-refractivity contribution in [2.45, 2.75) is 26.3 Å². The van der Waals surface area contributed by atoms with Gasteiger partial charge in [0, 0.05) is 18.3 Å². The molecule has 1 heterocycles. The summed E-state index contributed by atoms with van der Waals surface area (Å²) in [5, 5.41) is 0. The lowest BCUT2D eigenvalue weighted by molar-refractivity contribution is -0.146. The second-order valence-electron chi connectivity index (χ2n) is 4.45. The molecule has 1 rings (SSSR count). The molecule has 0 saturated carbocycles. The molecule has 0 N–H and O–H groups in total. The van der Waals surface area contributed by atoms with Crippen LogP contribution >= 0.6 is 12.6 Å². The van der Waals surface area contributed by atoms with Gasteiger partial charge in [0.05, 0.1) is 13.0 Å². The third kappa shape index (κ3) is 3.11. The number of hydrogen-bond acceptors (Lipinski definition) is 4. The number of likely N-dealkylation sites (tertiary alicyclic amines) is 1. The smallest absolute Gasteiger partial charge is 0.309 e. The zero-order valence-electron chi connectivity index (χ0n) is 9.77. The second kappa shape index (κ2) is 5.75. The fraction of sp³-hybridized carbons (Fsp3) is 0.909. The first-order valence-electron chi connectivity index (χ1n) is 5.52. The summed E-state index contributed by atoms with van der Waals surface area (Å²) < 4.78 is 4.81. The van der Waals surface area contributed by atoms with Gasteiger partial charge < -0.3 is 9.64 Å². The SMILES string of the molecule is COC(=O)C(CS)C1CCN(C(C)C)C1. The highest BCUT2D eigenvalue weighted by Gasteiger charge is 2.34. The van der Waals surface area contributed by atoms with Crippen molar-refractivity contribution < 1.29 is 9.53 Å². The molecule has 0 aromatic carbocycles. The van der Waals surface area contributed by atoms with Crippen LogP contribution in [0.25, 0.3) is 0 Å². The van der Waals surface area contributed by atoms with Crippen molar-refractivity contribution in [3.8, 4) is 0 Å². The summed E-state index contributed by atoms with van der Waals surface area (Å²) in [6.07, 6.45) is 1.08. The monoisotopic (exact) mass is 231 g/mol. The van der Waals surface area contributed by atoms with Crippen LogP contribution in [0.15, 0.2) is 0 Å². The summed E-state index contributed by atoms with van der Waals surface area (Å²) >= 11 is 4.25. The predicted molar refractivity (Wildman–Crippen MR) is 64.2 cm³/mol. The largest absolute Gasteiger partial charge is 0.469 e. The standard InChI is InChI=1S/C11H21NO2S/c1-8(2)12-5-4-9(6-12)10(7-15)11(13)14-3/h8-10,15H,4-7H2,1-3H3. The Bertz CT molecular complexity index is 221. The van der Waals surface area contributed by atoms with Crippen LogP contribution in [-0.2, 0) is 9.53 Å². The van der Waals surface area contributed by atoms with Gasteiger partial charge in [0.2, 0.25) is 0 Å². The molecule has 0 aliphatic carbocycles. The van der Waals surface area contributed by atoms with Gasteiger partial charge in [0.1, 0.15) is 0 Å². The zero-order valence-corrected chi connectivity index (χ0v) is 10.7. The van der Waals surface area contributed by atoms with Gasteiger partial charge in [-0.3, -0.25) is 4.79 Å². The van der Waals surface area contributed by atoms with Gasteiger partial charge >= 0.3 is 5.97 Å². The lowest BCUT2D eigenvalue weighted by atomic mass is 9.93. The van der Waals surface area contributed by atoms with Crippen LogP contribution in [0.1, 0.15) is 20.3 Å². The van der Waals surface area contributed by atoms with Crippen molar-refractivity contribution in [1.29, 1.82) is 0 Å². The van der Waals surface area contributed by atoms with Gasteiger partial charge in [0.25, 0.3) is 0 Å². The van der Waals surface area contributed by atoms with Crippen molar-refractivity contribution in [2.75, 3.05) is 26.0 Å². The van der Waals surface area contributed by atoms with Gasteiger partial charge in [-0.25, -0.2) is 0 Å². The Morgan fingerprint density at radius 3 is 2.67 bits per heavy atom. The van der Waals surface area contributed by atoms with E-state index in [4.69, 9.17) is 4.74 Å². The Morgan fingerprint density at radius 2 is 2.27 bits per heavy atom. The van der Waals surface area contributed by atoms with Crippen LogP contribution in [0, 0.1) is 11.8 Å². The average Bonchev–Trinajstić information content (AvgIpc) is 2.68. The van der Waals surface area contributed by atoms with Crippen LogP contribution < -0.4 is 0 Å². The minimum Gasteiger partial charge on any atom is -0.469 e. The minimum atomic E-state index is -0.111. The van der Waals surface area contributed by atoms with Gasteiger partial charge in [0.15, 0.2) is 0 Å². The molecule has 0 spiro atoms. The molecule has 3 nitrogen and oxygen atoms in total. The summed E-state index contributed by atoms with van der Waals surface area (Å²) in [7, 11) is 1.45. The van der Waals surface area contributed by atoms with E-state index in [9.17, 15) is 4.79 Å². The third-order valence-corrected chi connectivity index (χ3v) is 3.65. The van der Waals surface area contributed by atoms with Crippen molar-refractivity contribution in [3.05, 3.63) is 0 Å². The molecule has 2 atom stereocenters. The van der Waals surface area contributed by atoms with Gasteiger partial charge in [-0.1, -0.05) is 0 Å². The molecule has 88 valence electrons. The van der Waals surface area contributed by atoms with E-state index in [2.05, 4.69) is 31.4 Å². The van der Waals surface area contributed by atoms with Crippen LogP contribution in [0.2, 0.25) is 0 Å². The Kier molecular flexibility index (Phi) is 4.93. The zero-order chi connectivity index (χ0) is 11.4. The first-order valence-corrected chi connectivity index (χ1v) is 6.16. The molecule has 1 aliphatic heterocycles. The van der Waals surface area contributed by atoms with Crippen molar-refractivity contribution in [1.82, 2.24) is 4.90 Å². The summed E-state index contributed by atoms with van der Waals surface area (Å²) in [6.45, 7) is 6.47. The highest BCUT2D eigenvalue weighted by Crippen LogP contribution is 2.27. The van der Waals surface area contributed by atoms with Gasteiger partial charge in [-0.2, -0.15) is 12.6 Å². The van der Waals surface area contributed by atoms with E-state index in [1.165, 1.54) is 7.11 Å². The molecule has 15 heavy (non-hydrogen) atoms. The minimum absolute atomic E-state index is 0.0397. The molecule has 4 heteroatoms. The molecule has 0 aromatic heterocycles. The van der Waals surface area contributed by atoms with E-state index in [1.807, 2.05) is 0 Å². The summed E-state index contributed by atoms with van der Waals surface area (Å²) in [4.78, 5) is 13.9. The maximum atomic E-state index is 11.5. The Morgan fingerprint density at radius 1 is 1.60 bits per heavy atom. The number of hydrogen-bond donors (Lipinski definition) is 1. The van der Waals surface area contributed by atoms with Crippen LogP contribution in [0.5, 0.6) is 0 Å². The van der Waals surface area contributed by atoms with Crippen LogP contribution in [0.4, 0.5) is 0 Å². The molecule has 1 aliphatic rings. The quantitative estimate of drug-likeness (QED) is 0.586. The topological polar surface area (TPSA) is 29.5 Å². The Hall–Kier alpha value is -0.220. The number of carbonyl (C=O) groups is 1. The number of methoxy groups -OCH3 is 1. The lowest BCUT2D eigenvalue weighted by Crippen LogP contribution is -2.32. The number of rotatable bonds is 4. The average molecular weight is 231 g/mol. The van der Waals surface area contributed by atoms with Crippen molar-refractivity contribution in [2.24, 2.45) is 11.8 Å². The van der Waals surface area contributed by atoms with E-state index in [0.29, 0.717) is 17.7 Å². The molecular weight excluding hydrogens is 210 g/mol. The first-order chi connectivity index (χ1) is 7.10. The maximum Gasteiger partial charge on any atom is 0.309 e. The molecule has 0 radical (unpaired) electrons. The van der Waals surface area contributed by atoms with Crippen molar-refractivity contribution in [3.63, 3.8) is 0 Å². The highest BCUT2D eigenvalue weighted by molar-refractivity contribution is 7.80. The van der Waals surface area contributed by atoms with E-state index in [1.54, 1.807) is 0 Å². The van der Waals surface area contributed by atoms with Crippen LogP contribution in [-0.4, -0.2) is 42.9 Å². The summed E-state index contributed by atoms with van der Waals surface area (Å²) in [5.74, 6) is 0.851. The molecule has 1 saturated heterocycles. The number of ether oxygens (including phenoxy) is 1. The van der Waals surface area contributed by atoms with E-state index < -0.39 is 0 Å². The number of carbonyl (C=O) groups excluding carboxylic acids is 1. The summed E-state index contributed by atoms with van der Waals surface area (Å²) in [6, 6.07) is 0.563. The van der Waals surface area contributed by atoms with Gasteiger partial charge in [-0.15, -0.1) is 0 Å². The molecule has 0 amide bonds. The fourth-order valence-electron chi connectivity index (χ4n) is 2.18. The number of thiol groups is 1. The number of esters is 1. The predicted octanol–water partition coefficient (Wildman–Crippen LogP) is 1.44. The van der Waals surface area contributed by atoms with Crippen molar-refractivity contribution >= 4 is 18.6 Å². The van der Waals surface area contributed by atoms with E-state index in [-0.39, 0.29) is 11.9 Å². The third-order valence-electron chi connectivity index (χ3n) is 3.26. The first kappa shape index (κ1) is 12.8. The number of nitrogens with zero attached hydrogens (tertiary/aromatic N) is 1. The maximum absolute atomic E-state index is 11.5. The normalized spacial score (nSPS) is 24.5. The molecule has 0 bridgehead atoms.